The molecule has 0 aliphatic heterocycles. The Kier molecular flexibility index (Phi) is 8.70. The minimum atomic E-state index is -0.597. The SMILES string of the molecule is CCCNC(=O)[C@H](C)N(Cc1ccc(Br)cc1)C(=O)COc1ccc(C)cc1C. The number of ether oxygens (including phenoxy) is 1. The van der Waals surface area contributed by atoms with Crippen LogP contribution in [0.3, 0.4) is 0 Å². The maximum absolute atomic E-state index is 13.0. The predicted octanol–water partition coefficient (Wildman–Crippen LogP) is 4.39. The zero-order valence-corrected chi connectivity index (χ0v) is 19.1. The van der Waals surface area contributed by atoms with Crippen molar-refractivity contribution in [1.29, 1.82) is 0 Å². The van der Waals surface area contributed by atoms with Crippen molar-refractivity contribution in [3.63, 3.8) is 0 Å². The molecule has 0 heterocycles. The number of halogens is 1. The fourth-order valence-corrected chi connectivity index (χ4v) is 3.21. The lowest BCUT2D eigenvalue weighted by atomic mass is 10.1. The molecule has 0 aliphatic rings. The molecule has 2 amide bonds. The number of carbonyl (C=O) groups is 2. The number of benzene rings is 2. The molecule has 0 radical (unpaired) electrons. The summed E-state index contributed by atoms with van der Waals surface area (Å²) in [7, 11) is 0. The number of rotatable bonds is 9. The van der Waals surface area contributed by atoms with Gasteiger partial charge in [-0.3, -0.25) is 9.59 Å². The first-order valence-electron chi connectivity index (χ1n) is 9.83. The monoisotopic (exact) mass is 460 g/mol. The minimum absolute atomic E-state index is 0.119. The largest absolute Gasteiger partial charge is 0.483 e. The summed E-state index contributed by atoms with van der Waals surface area (Å²) in [5.74, 6) is 0.284. The fourth-order valence-electron chi connectivity index (χ4n) is 2.95. The molecule has 0 saturated heterocycles. The second-order valence-corrected chi connectivity index (χ2v) is 8.09. The van der Waals surface area contributed by atoms with Gasteiger partial charge in [0.2, 0.25) is 5.91 Å². The Balaban J connectivity index is 2.14. The van der Waals surface area contributed by atoms with Crippen molar-refractivity contribution in [1.82, 2.24) is 10.2 Å². The van der Waals surface area contributed by atoms with E-state index in [0.717, 1.165) is 27.6 Å². The van der Waals surface area contributed by atoms with E-state index in [2.05, 4.69) is 21.2 Å². The summed E-state index contributed by atoms with van der Waals surface area (Å²) in [5, 5.41) is 2.87. The van der Waals surface area contributed by atoms with Crippen LogP contribution in [0.15, 0.2) is 46.9 Å². The molecule has 0 aliphatic carbocycles. The van der Waals surface area contributed by atoms with Crippen LogP contribution < -0.4 is 10.1 Å². The highest BCUT2D eigenvalue weighted by atomic mass is 79.9. The summed E-state index contributed by atoms with van der Waals surface area (Å²) >= 11 is 3.42. The Morgan fingerprint density at radius 3 is 2.45 bits per heavy atom. The van der Waals surface area contributed by atoms with Crippen LogP contribution in [0.1, 0.15) is 37.0 Å². The van der Waals surface area contributed by atoms with E-state index in [1.807, 2.05) is 63.2 Å². The van der Waals surface area contributed by atoms with E-state index < -0.39 is 6.04 Å². The lowest BCUT2D eigenvalue weighted by molar-refractivity contribution is -0.142. The van der Waals surface area contributed by atoms with Crippen LogP contribution in [0.5, 0.6) is 5.75 Å². The molecule has 0 bridgehead atoms. The smallest absolute Gasteiger partial charge is 0.261 e. The molecule has 2 aromatic carbocycles. The molecule has 2 aromatic rings. The number of hydrogen-bond donors (Lipinski definition) is 1. The van der Waals surface area contributed by atoms with Crippen LogP contribution in [0.4, 0.5) is 0 Å². The van der Waals surface area contributed by atoms with E-state index in [0.29, 0.717) is 18.8 Å². The molecule has 2 rings (SSSR count). The van der Waals surface area contributed by atoms with Crippen LogP contribution in [0.25, 0.3) is 0 Å². The zero-order chi connectivity index (χ0) is 21.4. The first-order chi connectivity index (χ1) is 13.8. The molecular weight excluding hydrogens is 432 g/mol. The van der Waals surface area contributed by atoms with Gasteiger partial charge in [0.25, 0.3) is 5.91 Å². The molecule has 29 heavy (non-hydrogen) atoms. The van der Waals surface area contributed by atoms with Gasteiger partial charge in [0.15, 0.2) is 6.61 Å². The second kappa shape index (κ2) is 11.0. The summed E-state index contributed by atoms with van der Waals surface area (Å²) < 4.78 is 6.74. The lowest BCUT2D eigenvalue weighted by Gasteiger charge is -2.29. The topological polar surface area (TPSA) is 58.6 Å². The highest BCUT2D eigenvalue weighted by Gasteiger charge is 2.26. The van der Waals surface area contributed by atoms with Crippen LogP contribution in [0.2, 0.25) is 0 Å². The highest BCUT2D eigenvalue weighted by Crippen LogP contribution is 2.19. The average Bonchev–Trinajstić information content (AvgIpc) is 2.70. The normalized spacial score (nSPS) is 11.6. The second-order valence-electron chi connectivity index (χ2n) is 7.17. The van der Waals surface area contributed by atoms with Gasteiger partial charge in [0, 0.05) is 17.6 Å². The van der Waals surface area contributed by atoms with Gasteiger partial charge in [-0.2, -0.15) is 0 Å². The van der Waals surface area contributed by atoms with Crippen molar-refractivity contribution in [2.24, 2.45) is 0 Å². The van der Waals surface area contributed by atoms with Crippen LogP contribution >= 0.6 is 15.9 Å². The summed E-state index contributed by atoms with van der Waals surface area (Å²) in [6.45, 7) is 8.51. The van der Waals surface area contributed by atoms with Gasteiger partial charge in [-0.05, 0) is 56.5 Å². The summed E-state index contributed by atoms with van der Waals surface area (Å²) in [6.07, 6.45) is 0.842. The number of aryl methyl sites for hydroxylation is 2. The molecule has 1 N–H and O–H groups in total. The van der Waals surface area contributed by atoms with Crippen molar-refractivity contribution in [3.8, 4) is 5.75 Å². The van der Waals surface area contributed by atoms with Crippen molar-refractivity contribution >= 4 is 27.7 Å². The maximum Gasteiger partial charge on any atom is 0.261 e. The lowest BCUT2D eigenvalue weighted by Crippen LogP contribution is -2.49. The number of hydrogen-bond acceptors (Lipinski definition) is 3. The third kappa shape index (κ3) is 6.89. The van der Waals surface area contributed by atoms with Gasteiger partial charge in [-0.25, -0.2) is 0 Å². The maximum atomic E-state index is 13.0. The van der Waals surface area contributed by atoms with Crippen LogP contribution in [-0.4, -0.2) is 35.9 Å². The minimum Gasteiger partial charge on any atom is -0.483 e. The molecule has 6 heteroatoms. The van der Waals surface area contributed by atoms with Gasteiger partial charge in [0.1, 0.15) is 11.8 Å². The molecule has 0 aromatic heterocycles. The molecule has 5 nitrogen and oxygen atoms in total. The summed E-state index contributed by atoms with van der Waals surface area (Å²) in [6, 6.07) is 13.0. The van der Waals surface area contributed by atoms with Crippen molar-refractivity contribution < 1.29 is 14.3 Å². The first-order valence-corrected chi connectivity index (χ1v) is 10.6. The fraction of sp³-hybridized carbons (Fsp3) is 0.391. The van der Waals surface area contributed by atoms with E-state index in [-0.39, 0.29) is 18.4 Å². The van der Waals surface area contributed by atoms with Crippen LogP contribution in [-0.2, 0) is 16.1 Å². The number of amides is 2. The molecule has 0 spiro atoms. The predicted molar refractivity (Wildman–Crippen MR) is 119 cm³/mol. The van der Waals surface area contributed by atoms with Gasteiger partial charge in [-0.15, -0.1) is 0 Å². The number of nitrogens with zero attached hydrogens (tertiary/aromatic N) is 1. The Morgan fingerprint density at radius 1 is 1.14 bits per heavy atom. The molecule has 0 fully saturated rings. The van der Waals surface area contributed by atoms with E-state index in [1.54, 1.807) is 11.8 Å². The quantitative estimate of drug-likeness (QED) is 0.603. The van der Waals surface area contributed by atoms with Crippen molar-refractivity contribution in [2.75, 3.05) is 13.2 Å². The Hall–Kier alpha value is -2.34. The van der Waals surface area contributed by atoms with E-state index in [9.17, 15) is 9.59 Å². The molecule has 1 atom stereocenters. The number of carbonyl (C=O) groups excluding carboxylic acids is 2. The van der Waals surface area contributed by atoms with E-state index in [4.69, 9.17) is 4.74 Å². The first kappa shape index (κ1) is 22.9. The van der Waals surface area contributed by atoms with Gasteiger partial charge < -0.3 is 15.0 Å². The molecule has 0 unspecified atom stereocenters. The van der Waals surface area contributed by atoms with E-state index in [1.165, 1.54) is 0 Å². The molecular formula is C23H29BrN2O3. The third-order valence-corrected chi connectivity index (χ3v) is 5.19. The Labute approximate surface area is 181 Å². The standard InChI is InChI=1S/C23H29BrN2O3/c1-5-12-25-23(28)18(4)26(14-19-7-9-20(24)10-8-19)22(27)15-29-21-11-6-16(2)13-17(21)3/h6-11,13,18H,5,12,14-15H2,1-4H3,(H,25,28)/t18-/m0/s1. The zero-order valence-electron chi connectivity index (χ0n) is 17.5. The van der Waals surface area contributed by atoms with Crippen molar-refractivity contribution in [3.05, 3.63) is 63.6 Å². The third-order valence-electron chi connectivity index (χ3n) is 4.66. The number of nitrogens with one attached hydrogen (secondary N) is 1. The average molecular weight is 461 g/mol. The highest BCUT2D eigenvalue weighted by molar-refractivity contribution is 9.10. The van der Waals surface area contributed by atoms with Crippen LogP contribution in [0, 0.1) is 13.8 Å². The van der Waals surface area contributed by atoms with Crippen molar-refractivity contribution in [2.45, 2.75) is 46.7 Å². The summed E-state index contributed by atoms with van der Waals surface area (Å²) in [5.41, 5.74) is 3.06. The molecule has 156 valence electrons. The van der Waals surface area contributed by atoms with Gasteiger partial charge in [-0.1, -0.05) is 52.7 Å². The van der Waals surface area contributed by atoms with Gasteiger partial charge >= 0.3 is 0 Å². The Bertz CT molecular complexity index is 837. The summed E-state index contributed by atoms with van der Waals surface area (Å²) in [4.78, 5) is 27.1. The Morgan fingerprint density at radius 2 is 1.83 bits per heavy atom. The molecule has 0 saturated carbocycles. The van der Waals surface area contributed by atoms with Gasteiger partial charge in [0.05, 0.1) is 0 Å². The van der Waals surface area contributed by atoms with E-state index >= 15 is 0 Å².